The van der Waals surface area contributed by atoms with Gasteiger partial charge in [0, 0.05) is 26.2 Å². The summed E-state index contributed by atoms with van der Waals surface area (Å²) in [5.74, 6) is 0.716. The van der Waals surface area contributed by atoms with Gasteiger partial charge in [0.2, 0.25) is 0 Å². The van der Waals surface area contributed by atoms with Gasteiger partial charge < -0.3 is 25.6 Å². The Hall–Kier alpha value is -2.51. The molecule has 0 aliphatic carbocycles. The van der Waals surface area contributed by atoms with Crippen LogP contribution >= 0.6 is 0 Å². The molecule has 1 aromatic heterocycles. The SMILES string of the molecule is CC(C)(C)OC(=O)N1CCN(c2ccc(NC(=N)N)cn2)CC1. The summed E-state index contributed by atoms with van der Waals surface area (Å²) in [5, 5.41) is 9.87. The smallest absolute Gasteiger partial charge is 0.410 e. The Kier molecular flexibility index (Phi) is 4.92. The first-order valence-electron chi connectivity index (χ1n) is 7.54. The predicted octanol–water partition coefficient (Wildman–Crippen LogP) is 1.44. The van der Waals surface area contributed by atoms with Gasteiger partial charge >= 0.3 is 6.09 Å². The fourth-order valence-electron chi connectivity index (χ4n) is 2.25. The lowest BCUT2D eigenvalue weighted by molar-refractivity contribution is 0.0240. The normalized spacial score (nSPS) is 15.3. The van der Waals surface area contributed by atoms with Crippen LogP contribution in [0.3, 0.4) is 0 Å². The summed E-state index contributed by atoms with van der Waals surface area (Å²) < 4.78 is 5.38. The summed E-state index contributed by atoms with van der Waals surface area (Å²) in [6, 6.07) is 3.69. The van der Waals surface area contributed by atoms with Crippen LogP contribution in [0.5, 0.6) is 0 Å². The number of nitrogens with one attached hydrogen (secondary N) is 2. The van der Waals surface area contributed by atoms with Crippen LogP contribution in [0.1, 0.15) is 20.8 Å². The Morgan fingerprint density at radius 2 is 1.96 bits per heavy atom. The van der Waals surface area contributed by atoms with Crippen LogP contribution in [0.2, 0.25) is 0 Å². The summed E-state index contributed by atoms with van der Waals surface area (Å²) >= 11 is 0. The third-order valence-corrected chi connectivity index (χ3v) is 3.28. The molecule has 1 amide bonds. The molecule has 8 nitrogen and oxygen atoms in total. The van der Waals surface area contributed by atoms with E-state index in [1.807, 2.05) is 32.9 Å². The molecule has 1 aliphatic heterocycles. The van der Waals surface area contributed by atoms with E-state index in [4.69, 9.17) is 15.9 Å². The van der Waals surface area contributed by atoms with Crippen LogP contribution in [-0.4, -0.2) is 53.7 Å². The maximum atomic E-state index is 12.0. The Bertz CT molecular complexity index is 558. The van der Waals surface area contributed by atoms with E-state index in [0.29, 0.717) is 31.9 Å². The van der Waals surface area contributed by atoms with Crippen molar-refractivity contribution in [3.05, 3.63) is 18.3 Å². The van der Waals surface area contributed by atoms with Gasteiger partial charge in [0.25, 0.3) is 0 Å². The second-order valence-corrected chi connectivity index (χ2v) is 6.40. The highest BCUT2D eigenvalue weighted by Gasteiger charge is 2.26. The molecule has 126 valence electrons. The van der Waals surface area contributed by atoms with Crippen molar-refractivity contribution >= 4 is 23.6 Å². The first-order valence-corrected chi connectivity index (χ1v) is 7.54. The van der Waals surface area contributed by atoms with Gasteiger partial charge in [0.05, 0.1) is 11.9 Å². The molecule has 0 spiro atoms. The molecule has 23 heavy (non-hydrogen) atoms. The molecule has 0 bridgehead atoms. The van der Waals surface area contributed by atoms with Crippen LogP contribution < -0.4 is 16.0 Å². The summed E-state index contributed by atoms with van der Waals surface area (Å²) in [4.78, 5) is 20.2. The summed E-state index contributed by atoms with van der Waals surface area (Å²) in [6.45, 7) is 8.19. The number of guanidine groups is 1. The van der Waals surface area contributed by atoms with Crippen LogP contribution in [0, 0.1) is 5.41 Å². The van der Waals surface area contributed by atoms with E-state index >= 15 is 0 Å². The number of pyridine rings is 1. The Balaban J connectivity index is 1.89. The molecule has 0 saturated carbocycles. The van der Waals surface area contributed by atoms with Crippen molar-refractivity contribution in [2.45, 2.75) is 26.4 Å². The highest BCUT2D eigenvalue weighted by molar-refractivity contribution is 5.89. The molecule has 1 fully saturated rings. The Labute approximate surface area is 136 Å². The molecule has 0 atom stereocenters. The molecule has 2 rings (SSSR count). The molecule has 0 aromatic carbocycles. The Morgan fingerprint density at radius 3 is 2.43 bits per heavy atom. The number of rotatable bonds is 2. The van der Waals surface area contributed by atoms with E-state index in [1.165, 1.54) is 0 Å². The number of nitrogens with two attached hydrogens (primary N) is 1. The van der Waals surface area contributed by atoms with E-state index in [1.54, 1.807) is 11.1 Å². The third kappa shape index (κ3) is 5.01. The number of ether oxygens (including phenoxy) is 1. The van der Waals surface area contributed by atoms with Crippen molar-refractivity contribution < 1.29 is 9.53 Å². The average molecular weight is 320 g/mol. The van der Waals surface area contributed by atoms with Crippen LogP contribution in [0.25, 0.3) is 0 Å². The second kappa shape index (κ2) is 6.72. The zero-order valence-electron chi connectivity index (χ0n) is 13.8. The fourth-order valence-corrected chi connectivity index (χ4v) is 2.25. The molecule has 4 N–H and O–H groups in total. The van der Waals surface area contributed by atoms with Gasteiger partial charge in [-0.3, -0.25) is 5.41 Å². The number of carbonyl (C=O) groups is 1. The fraction of sp³-hybridized carbons (Fsp3) is 0.533. The van der Waals surface area contributed by atoms with Crippen molar-refractivity contribution in [3.63, 3.8) is 0 Å². The lowest BCUT2D eigenvalue weighted by Gasteiger charge is -2.36. The lowest BCUT2D eigenvalue weighted by atomic mass is 10.2. The quantitative estimate of drug-likeness (QED) is 0.562. The van der Waals surface area contributed by atoms with Crippen LogP contribution in [0.15, 0.2) is 18.3 Å². The molecule has 8 heteroatoms. The number of carbonyl (C=O) groups excluding carboxylic acids is 1. The lowest BCUT2D eigenvalue weighted by Crippen LogP contribution is -2.50. The van der Waals surface area contributed by atoms with Crippen molar-refractivity contribution in [1.82, 2.24) is 9.88 Å². The van der Waals surface area contributed by atoms with Gasteiger partial charge in [-0.2, -0.15) is 0 Å². The zero-order valence-corrected chi connectivity index (χ0v) is 13.8. The topological polar surface area (TPSA) is 108 Å². The predicted molar refractivity (Wildman–Crippen MR) is 89.8 cm³/mol. The summed E-state index contributed by atoms with van der Waals surface area (Å²) in [7, 11) is 0. The maximum absolute atomic E-state index is 12.0. The molecular formula is C15H24N6O2. The van der Waals surface area contributed by atoms with E-state index in [9.17, 15) is 4.79 Å². The minimum atomic E-state index is -0.477. The molecule has 1 aromatic rings. The molecule has 1 saturated heterocycles. The van der Waals surface area contributed by atoms with E-state index in [0.717, 1.165) is 5.82 Å². The standard InChI is InChI=1S/C15H24N6O2/c1-15(2,3)23-14(22)21-8-6-20(7-9-21)12-5-4-11(10-18-12)19-13(16)17/h4-5,10H,6-9H2,1-3H3,(H4,16,17,19). The number of hydrogen-bond acceptors (Lipinski definition) is 5. The van der Waals surface area contributed by atoms with E-state index in [-0.39, 0.29) is 12.1 Å². The van der Waals surface area contributed by atoms with E-state index < -0.39 is 5.60 Å². The number of piperazine rings is 1. The van der Waals surface area contributed by atoms with Crippen molar-refractivity contribution in [1.29, 1.82) is 5.41 Å². The monoisotopic (exact) mass is 320 g/mol. The maximum Gasteiger partial charge on any atom is 0.410 e. The van der Waals surface area contributed by atoms with Gasteiger partial charge in [-0.1, -0.05) is 0 Å². The first-order chi connectivity index (χ1) is 10.7. The summed E-state index contributed by atoms with van der Waals surface area (Å²) in [6.07, 6.45) is 1.36. The second-order valence-electron chi connectivity index (χ2n) is 6.40. The Morgan fingerprint density at radius 1 is 1.30 bits per heavy atom. The van der Waals surface area contributed by atoms with Gasteiger partial charge in [-0.05, 0) is 32.9 Å². The van der Waals surface area contributed by atoms with Crippen LogP contribution in [0.4, 0.5) is 16.3 Å². The zero-order chi connectivity index (χ0) is 17.0. The molecule has 1 aliphatic rings. The van der Waals surface area contributed by atoms with Gasteiger partial charge in [-0.15, -0.1) is 0 Å². The molecule has 0 radical (unpaired) electrons. The highest BCUT2D eigenvalue weighted by atomic mass is 16.6. The number of aromatic nitrogens is 1. The third-order valence-electron chi connectivity index (χ3n) is 3.28. The van der Waals surface area contributed by atoms with Crippen LogP contribution in [-0.2, 0) is 4.74 Å². The van der Waals surface area contributed by atoms with Gasteiger partial charge in [-0.25, -0.2) is 9.78 Å². The van der Waals surface area contributed by atoms with Gasteiger partial charge in [0.1, 0.15) is 11.4 Å². The molecule has 2 heterocycles. The average Bonchev–Trinajstić information content (AvgIpc) is 2.46. The minimum Gasteiger partial charge on any atom is -0.444 e. The van der Waals surface area contributed by atoms with E-state index in [2.05, 4.69) is 15.2 Å². The van der Waals surface area contributed by atoms with Gasteiger partial charge in [0.15, 0.2) is 5.96 Å². The minimum absolute atomic E-state index is 0.120. The highest BCUT2D eigenvalue weighted by Crippen LogP contribution is 2.17. The molecular weight excluding hydrogens is 296 g/mol. The van der Waals surface area contributed by atoms with Crippen molar-refractivity contribution in [3.8, 4) is 0 Å². The summed E-state index contributed by atoms with van der Waals surface area (Å²) in [5.41, 5.74) is 5.48. The number of nitrogens with zero attached hydrogens (tertiary/aromatic N) is 3. The number of amides is 1. The molecule has 0 unspecified atom stereocenters. The number of hydrogen-bond donors (Lipinski definition) is 3. The van der Waals surface area contributed by atoms with Crippen molar-refractivity contribution in [2.24, 2.45) is 5.73 Å². The largest absolute Gasteiger partial charge is 0.444 e. The first kappa shape index (κ1) is 16.9. The number of anilines is 2. The van der Waals surface area contributed by atoms with Crippen molar-refractivity contribution in [2.75, 3.05) is 36.4 Å².